The standard InChI is InChI=1S/4C16F9.C14H8F5N.Al/c4*17-3-1-2-4-5-7(11(20)9(2)18)14(23)16(25)15(24)8(5)13(22)12(21)6(4)10(3)19;15-9-10(16)12(18)14(13(19)11(9)17)20-5-7-3-1-2-4-8(7)6-20;/h;;;;1-4H,5-6H2;/q;;;;;-1/p+1. The zero-order valence-electron chi connectivity index (χ0n) is 56.3. The summed E-state index contributed by atoms with van der Waals surface area (Å²) in [6, 6.07) is 7.07. The van der Waals surface area contributed by atoms with Crippen molar-refractivity contribution in [2.75, 3.05) is 0 Å². The Kier molecular flexibility index (Phi) is 16.9. The third-order valence-electron chi connectivity index (χ3n) is 22.2. The maximum absolute atomic E-state index is 19.4. The lowest BCUT2D eigenvalue weighted by molar-refractivity contribution is -0.856. The largest absolute Gasteiger partial charge is 0.290 e. The predicted octanol–water partition coefficient (Wildman–Crippen LogP) is 22.3. The van der Waals surface area contributed by atoms with E-state index in [-0.39, 0.29) is 18.0 Å². The van der Waals surface area contributed by atoms with E-state index in [1.165, 1.54) is 0 Å². The van der Waals surface area contributed by atoms with E-state index in [4.69, 9.17) is 0 Å². The second-order valence-corrected chi connectivity index (χ2v) is 31.5. The highest BCUT2D eigenvalue weighted by atomic mass is 27.2. The summed E-state index contributed by atoms with van der Waals surface area (Å²) < 4.78 is 673. The Balaban J connectivity index is 0.000000437. The topological polar surface area (TPSA) is 4.44 Å². The number of hydrogen-bond acceptors (Lipinski definition) is 0. The molecule has 1 aliphatic heterocycles. The first-order valence-electron chi connectivity index (χ1n) is 32.9. The van der Waals surface area contributed by atoms with Crippen LogP contribution in [-0.2, 0) is 13.1 Å². The van der Waals surface area contributed by atoms with Crippen molar-refractivity contribution in [1.82, 2.24) is 0 Å². The van der Waals surface area contributed by atoms with Gasteiger partial charge in [0.15, 0.2) is 186 Å². The van der Waals surface area contributed by atoms with Crippen LogP contribution < -0.4 is 22.6 Å². The van der Waals surface area contributed by atoms with Gasteiger partial charge in [-0.25, -0.2) is 171 Å². The minimum atomic E-state index is -10.9. The molecule has 121 heavy (non-hydrogen) atoms. The quantitative estimate of drug-likeness (QED) is 0.0576. The molecule has 0 saturated carbocycles. The van der Waals surface area contributed by atoms with Crippen molar-refractivity contribution >= 4 is 166 Å². The molecular formula is C78H9AlF41N. The van der Waals surface area contributed by atoms with Crippen LogP contribution in [0.4, 0.5) is 186 Å². The Bertz CT molecular complexity index is 7080. The summed E-state index contributed by atoms with van der Waals surface area (Å²) in [6.07, 6.45) is 0. The van der Waals surface area contributed by atoms with Crippen LogP contribution in [-0.4, -0.2) is 13.1 Å². The summed E-state index contributed by atoms with van der Waals surface area (Å²) in [4.78, 5) is 0.207. The third-order valence-corrected chi connectivity index (χ3v) is 27.9. The smallest absolute Gasteiger partial charge is 0.286 e. The van der Waals surface area contributed by atoms with Gasteiger partial charge in [0.25, 0.3) is 13.1 Å². The fraction of sp³-hybridized carbons (Fsp3) is 0.0256. The Morgan fingerprint density at radius 3 is 0.438 bits per heavy atom. The summed E-state index contributed by atoms with van der Waals surface area (Å²) in [5.41, 5.74) is 0.885. The van der Waals surface area contributed by atoms with Gasteiger partial charge in [-0.1, -0.05) is 24.3 Å². The highest BCUT2D eigenvalue weighted by Gasteiger charge is 2.56. The van der Waals surface area contributed by atoms with E-state index in [0.29, 0.717) is 0 Å². The number of quaternary nitrogens is 1. The summed E-state index contributed by atoms with van der Waals surface area (Å²) in [5.74, 6) is -138. The molecular weight excluding hydrogens is 1760 g/mol. The lowest BCUT2D eigenvalue weighted by Gasteiger charge is -2.45. The van der Waals surface area contributed by atoms with Gasteiger partial charge in [-0.3, -0.25) is 4.90 Å². The monoisotopic (exact) mass is 1760 g/mol. The molecule has 0 aliphatic carbocycles. The van der Waals surface area contributed by atoms with Gasteiger partial charge >= 0.3 is 0 Å². The Morgan fingerprint density at radius 1 is 0.140 bits per heavy atom. The molecule has 19 rings (SSSR count). The van der Waals surface area contributed by atoms with Crippen LogP contribution in [0.3, 0.4) is 0 Å². The molecule has 1 N–H and O–H groups in total. The van der Waals surface area contributed by atoms with Gasteiger partial charge in [-0.2, -0.15) is 26.5 Å². The molecule has 616 valence electrons. The number of halogens is 41. The van der Waals surface area contributed by atoms with E-state index in [1.807, 2.05) is 0 Å². The number of hydrogen-bond donors (Lipinski definition) is 1. The predicted molar refractivity (Wildman–Crippen MR) is 344 cm³/mol. The molecule has 1 aliphatic rings. The summed E-state index contributed by atoms with van der Waals surface area (Å²) >= 11 is -10.9. The van der Waals surface area contributed by atoms with Crippen LogP contribution >= 0.6 is 0 Å². The second-order valence-electron chi connectivity index (χ2n) is 27.5. The van der Waals surface area contributed by atoms with Crippen LogP contribution in [0, 0.1) is 239 Å². The molecule has 18 aromatic carbocycles. The number of fused-ring (bicyclic) bond motifs is 1. The molecule has 0 fully saturated rings. The molecule has 43 heteroatoms. The molecule has 1 heterocycles. The molecule has 1 nitrogen and oxygen atoms in total. The zero-order chi connectivity index (χ0) is 87.9. The van der Waals surface area contributed by atoms with E-state index < -0.39 is 404 Å². The molecule has 0 spiro atoms. The lowest BCUT2D eigenvalue weighted by Crippen LogP contribution is -3.03. The van der Waals surface area contributed by atoms with E-state index in [9.17, 15) is 22.0 Å². The van der Waals surface area contributed by atoms with Gasteiger partial charge in [0, 0.05) is 54.2 Å². The molecule has 0 amide bonds. The highest BCUT2D eigenvalue weighted by Crippen LogP contribution is 2.54. The van der Waals surface area contributed by atoms with Gasteiger partial charge in [-0.05, 0) is 21.5 Å². The first-order chi connectivity index (χ1) is 56.8. The van der Waals surface area contributed by atoms with Crippen LogP contribution in [0.2, 0.25) is 0 Å². The third kappa shape index (κ3) is 9.16. The molecule has 0 radical (unpaired) electrons. The number of benzene rings is 18. The van der Waals surface area contributed by atoms with E-state index >= 15 is 158 Å². The summed E-state index contributed by atoms with van der Waals surface area (Å²) in [7, 11) is 0. The molecule has 0 aromatic heterocycles. The highest BCUT2D eigenvalue weighted by molar-refractivity contribution is 7.23. The lowest BCUT2D eigenvalue weighted by atomic mass is 9.90. The Morgan fingerprint density at radius 2 is 0.264 bits per heavy atom. The minimum absolute atomic E-state index is 0.189. The van der Waals surface area contributed by atoms with Gasteiger partial charge in [0.2, 0.25) is 34.8 Å². The normalized spacial score (nSPS) is 13.2. The van der Waals surface area contributed by atoms with Crippen LogP contribution in [0.25, 0.3) is 129 Å². The van der Waals surface area contributed by atoms with Crippen molar-refractivity contribution in [3.8, 4) is 0 Å². The van der Waals surface area contributed by atoms with Gasteiger partial charge < -0.3 is 0 Å². The van der Waals surface area contributed by atoms with Crippen molar-refractivity contribution in [2.45, 2.75) is 13.1 Å². The first-order valence-corrected chi connectivity index (χ1v) is 35.2. The van der Waals surface area contributed by atoms with E-state index in [0.717, 1.165) is 11.1 Å². The molecule has 0 saturated heterocycles. The fourth-order valence-corrected chi connectivity index (χ4v) is 24.2. The second kappa shape index (κ2) is 25.7. The molecule has 0 bridgehead atoms. The van der Waals surface area contributed by atoms with Crippen molar-refractivity contribution in [3.05, 3.63) is 274 Å². The van der Waals surface area contributed by atoms with E-state index in [2.05, 4.69) is 0 Å². The molecule has 0 unspecified atom stereocenters. The maximum atomic E-state index is 19.4. The van der Waals surface area contributed by atoms with Gasteiger partial charge in [-0.15, -0.1) is 0 Å². The van der Waals surface area contributed by atoms with Crippen molar-refractivity contribution < 1.29 is 185 Å². The number of rotatable bonds is 5. The van der Waals surface area contributed by atoms with Gasteiger partial charge in [0.1, 0.15) is 36.4 Å². The van der Waals surface area contributed by atoms with Crippen molar-refractivity contribution in [1.29, 1.82) is 0 Å². The van der Waals surface area contributed by atoms with Crippen LogP contribution in [0.1, 0.15) is 11.1 Å². The van der Waals surface area contributed by atoms with Crippen molar-refractivity contribution in [2.24, 2.45) is 0 Å². The minimum Gasteiger partial charge on any atom is -0.290 e. The first kappa shape index (κ1) is 79.8. The zero-order valence-corrected chi connectivity index (χ0v) is 57.5. The average molecular weight is 1770 g/mol. The summed E-state index contributed by atoms with van der Waals surface area (Å²) in [6.45, 7) is 0.378. The SMILES string of the molecule is Fc1c(F)c(F)c([NH+]2Cc3ccccc3C2)c(F)c1F.Fc1c(F)c2c(F)c(F)c3c(F)c(F)[c]([Al-]([c]4c(F)c(F)c5c(F)c(F)c6c(F)c(F)c(F)c7c(F)c(F)c4c5c67)([c]4c(F)c(F)c5c(F)c(F)c6c(F)c(F)c(F)c7c(F)c(F)c4c5c67)[c]4c(F)c(F)c5c(F)c(F)c6c(F)c(F)c(F)c7c(F)c(F)c4c5c67)c4c(F)c(F)c(c1F)c2c34. The summed E-state index contributed by atoms with van der Waals surface area (Å²) in [5, 5.41) is -70.8. The van der Waals surface area contributed by atoms with Gasteiger partial charge in [0.05, 0.1) is 64.6 Å². The van der Waals surface area contributed by atoms with Crippen LogP contribution in [0.5, 0.6) is 0 Å². The molecule has 18 aromatic rings. The van der Waals surface area contributed by atoms with E-state index in [1.54, 1.807) is 24.3 Å². The Labute approximate surface area is 635 Å². The Hall–Kier alpha value is -12.3. The average Bonchev–Trinajstić information content (AvgIpc) is 0.879. The van der Waals surface area contributed by atoms with Crippen LogP contribution in [0.15, 0.2) is 24.3 Å². The van der Waals surface area contributed by atoms with Crippen molar-refractivity contribution in [3.63, 3.8) is 0 Å². The number of nitrogens with one attached hydrogen (secondary N) is 1. The molecule has 0 atom stereocenters. The maximum Gasteiger partial charge on any atom is 0.286 e. The fourth-order valence-electron chi connectivity index (χ4n) is 17.6.